The fraction of sp³-hybridized carbons (Fsp3) is 0.364. The Hall–Kier alpha value is -2.87. The molecule has 0 heterocycles. The SMILES string of the molecule is Cc1ccc(C(=O)NC(C(=O)Nc2cccc(OCCS(C)(=O)=O)c2)C(C)C)cc1. The molecule has 0 aromatic heterocycles. The lowest BCUT2D eigenvalue weighted by Crippen LogP contribution is -2.47. The third-order valence-electron chi connectivity index (χ3n) is 4.37. The molecule has 2 aromatic carbocycles. The van der Waals surface area contributed by atoms with Crippen LogP contribution in [0.15, 0.2) is 48.5 Å². The first kappa shape index (κ1) is 23.4. The third kappa shape index (κ3) is 7.51. The summed E-state index contributed by atoms with van der Waals surface area (Å²) in [7, 11) is -3.12. The molecule has 7 nitrogen and oxygen atoms in total. The van der Waals surface area contributed by atoms with E-state index in [1.54, 1.807) is 36.4 Å². The molecule has 162 valence electrons. The van der Waals surface area contributed by atoms with E-state index in [2.05, 4.69) is 10.6 Å². The average molecular weight is 433 g/mol. The Balaban J connectivity index is 2.03. The molecule has 0 spiro atoms. The van der Waals surface area contributed by atoms with E-state index in [0.29, 0.717) is 17.0 Å². The lowest BCUT2D eigenvalue weighted by atomic mass is 10.0. The van der Waals surface area contributed by atoms with Crippen LogP contribution in [0.4, 0.5) is 5.69 Å². The van der Waals surface area contributed by atoms with Gasteiger partial charge in [0.2, 0.25) is 5.91 Å². The summed E-state index contributed by atoms with van der Waals surface area (Å²) in [4.78, 5) is 25.3. The second-order valence-electron chi connectivity index (χ2n) is 7.56. The smallest absolute Gasteiger partial charge is 0.251 e. The summed E-state index contributed by atoms with van der Waals surface area (Å²) in [5, 5.41) is 5.57. The van der Waals surface area contributed by atoms with Crippen molar-refractivity contribution in [3.63, 3.8) is 0 Å². The lowest BCUT2D eigenvalue weighted by Gasteiger charge is -2.22. The fourth-order valence-corrected chi connectivity index (χ4v) is 3.05. The van der Waals surface area contributed by atoms with Crippen LogP contribution < -0.4 is 15.4 Å². The van der Waals surface area contributed by atoms with Crippen molar-refractivity contribution in [2.75, 3.05) is 23.9 Å². The van der Waals surface area contributed by atoms with Crippen LogP contribution in [0.3, 0.4) is 0 Å². The molecule has 0 bridgehead atoms. The Kier molecular flexibility index (Phi) is 8.00. The van der Waals surface area contributed by atoms with Crippen LogP contribution in [-0.2, 0) is 14.6 Å². The third-order valence-corrected chi connectivity index (χ3v) is 5.28. The van der Waals surface area contributed by atoms with Gasteiger partial charge in [-0.3, -0.25) is 9.59 Å². The van der Waals surface area contributed by atoms with Gasteiger partial charge in [0.25, 0.3) is 5.91 Å². The highest BCUT2D eigenvalue weighted by Crippen LogP contribution is 2.18. The van der Waals surface area contributed by atoms with Gasteiger partial charge in [-0.15, -0.1) is 0 Å². The molecule has 0 saturated carbocycles. The summed E-state index contributed by atoms with van der Waals surface area (Å²) < 4.78 is 27.9. The second kappa shape index (κ2) is 10.2. The molecule has 2 aromatic rings. The highest BCUT2D eigenvalue weighted by Gasteiger charge is 2.25. The molecule has 1 atom stereocenters. The van der Waals surface area contributed by atoms with Crippen molar-refractivity contribution < 1.29 is 22.7 Å². The van der Waals surface area contributed by atoms with Crippen molar-refractivity contribution in [2.24, 2.45) is 5.92 Å². The molecule has 2 amide bonds. The molecule has 0 fully saturated rings. The zero-order valence-electron chi connectivity index (χ0n) is 17.6. The number of rotatable bonds is 9. The Morgan fingerprint density at radius 2 is 1.73 bits per heavy atom. The van der Waals surface area contributed by atoms with Gasteiger partial charge < -0.3 is 15.4 Å². The monoisotopic (exact) mass is 432 g/mol. The summed E-state index contributed by atoms with van der Waals surface area (Å²) in [6.45, 7) is 5.66. The van der Waals surface area contributed by atoms with Crippen molar-refractivity contribution in [1.82, 2.24) is 5.32 Å². The molecule has 2 N–H and O–H groups in total. The maximum absolute atomic E-state index is 12.8. The Morgan fingerprint density at radius 3 is 2.33 bits per heavy atom. The van der Waals surface area contributed by atoms with E-state index in [4.69, 9.17) is 4.74 Å². The van der Waals surface area contributed by atoms with E-state index in [-0.39, 0.29) is 30.1 Å². The fourth-order valence-electron chi connectivity index (χ4n) is 2.66. The first-order chi connectivity index (χ1) is 14.0. The molecule has 0 saturated heterocycles. The average Bonchev–Trinajstić information content (AvgIpc) is 2.65. The number of sulfone groups is 1. The standard InChI is InChI=1S/C22H28N2O5S/c1-15(2)20(24-21(25)17-10-8-16(3)9-11-17)22(26)23-18-6-5-7-19(14-18)29-12-13-30(4,27)28/h5-11,14-15,20H,12-13H2,1-4H3,(H,23,26)(H,24,25). The van der Waals surface area contributed by atoms with Crippen molar-refractivity contribution in [1.29, 1.82) is 0 Å². The van der Waals surface area contributed by atoms with Crippen molar-refractivity contribution in [3.8, 4) is 5.75 Å². The minimum absolute atomic E-state index is 0.0253. The number of aryl methyl sites for hydroxylation is 1. The first-order valence-corrected chi connectivity index (χ1v) is 11.7. The van der Waals surface area contributed by atoms with E-state index in [1.165, 1.54) is 0 Å². The van der Waals surface area contributed by atoms with Crippen LogP contribution in [-0.4, -0.2) is 44.9 Å². The number of anilines is 1. The second-order valence-corrected chi connectivity index (χ2v) is 9.82. The van der Waals surface area contributed by atoms with E-state index in [0.717, 1.165) is 11.8 Å². The molecule has 30 heavy (non-hydrogen) atoms. The molecule has 2 rings (SSSR count). The van der Waals surface area contributed by atoms with Crippen LogP contribution in [0.2, 0.25) is 0 Å². The molecule has 0 aliphatic carbocycles. The minimum atomic E-state index is -3.12. The van der Waals surface area contributed by atoms with Gasteiger partial charge in [-0.1, -0.05) is 37.6 Å². The van der Waals surface area contributed by atoms with Gasteiger partial charge in [-0.25, -0.2) is 8.42 Å². The van der Waals surface area contributed by atoms with Crippen molar-refractivity contribution in [2.45, 2.75) is 26.8 Å². The van der Waals surface area contributed by atoms with Crippen LogP contribution in [0.1, 0.15) is 29.8 Å². The molecule has 0 aliphatic heterocycles. The zero-order valence-corrected chi connectivity index (χ0v) is 18.5. The summed E-state index contributed by atoms with van der Waals surface area (Å²) in [5.41, 5.74) is 2.02. The highest BCUT2D eigenvalue weighted by molar-refractivity contribution is 7.90. The molecule has 1 unspecified atom stereocenters. The summed E-state index contributed by atoms with van der Waals surface area (Å²) in [5.74, 6) is -0.445. The highest BCUT2D eigenvalue weighted by atomic mass is 32.2. The number of carbonyl (C=O) groups excluding carboxylic acids is 2. The number of hydrogen-bond acceptors (Lipinski definition) is 5. The number of amides is 2. The Bertz CT molecular complexity index is 985. The predicted molar refractivity (Wildman–Crippen MR) is 118 cm³/mol. The van der Waals surface area contributed by atoms with Gasteiger partial charge in [-0.05, 0) is 37.1 Å². The van der Waals surface area contributed by atoms with Gasteiger partial charge in [0.05, 0.1) is 5.75 Å². The summed E-state index contributed by atoms with van der Waals surface area (Å²) >= 11 is 0. The van der Waals surface area contributed by atoms with Crippen molar-refractivity contribution in [3.05, 3.63) is 59.7 Å². The summed E-state index contributed by atoms with van der Waals surface area (Å²) in [6, 6.07) is 13.1. The van der Waals surface area contributed by atoms with Crippen LogP contribution in [0.5, 0.6) is 5.75 Å². The van der Waals surface area contributed by atoms with E-state index < -0.39 is 15.9 Å². The predicted octanol–water partition coefficient (Wildman–Crippen LogP) is 2.81. The topological polar surface area (TPSA) is 102 Å². The van der Waals surface area contributed by atoms with Gasteiger partial charge in [-0.2, -0.15) is 0 Å². The van der Waals surface area contributed by atoms with Crippen molar-refractivity contribution >= 4 is 27.3 Å². The number of nitrogens with one attached hydrogen (secondary N) is 2. The van der Waals surface area contributed by atoms with E-state index in [9.17, 15) is 18.0 Å². The molecule has 0 aliphatic rings. The lowest BCUT2D eigenvalue weighted by molar-refractivity contribution is -0.118. The molecular formula is C22H28N2O5S. The zero-order chi connectivity index (χ0) is 22.3. The number of ether oxygens (including phenoxy) is 1. The van der Waals surface area contributed by atoms with Gasteiger partial charge in [0, 0.05) is 23.6 Å². The number of benzene rings is 2. The van der Waals surface area contributed by atoms with Gasteiger partial charge in [0.15, 0.2) is 9.84 Å². The molecular weight excluding hydrogens is 404 g/mol. The van der Waals surface area contributed by atoms with Crippen LogP contribution in [0.25, 0.3) is 0 Å². The number of carbonyl (C=O) groups is 2. The van der Waals surface area contributed by atoms with Crippen LogP contribution >= 0.6 is 0 Å². The summed E-state index contributed by atoms with van der Waals surface area (Å²) in [6.07, 6.45) is 1.14. The van der Waals surface area contributed by atoms with Gasteiger partial charge in [0.1, 0.15) is 18.4 Å². The maximum Gasteiger partial charge on any atom is 0.251 e. The number of hydrogen-bond donors (Lipinski definition) is 2. The quantitative estimate of drug-likeness (QED) is 0.634. The molecule has 0 radical (unpaired) electrons. The largest absolute Gasteiger partial charge is 0.492 e. The van der Waals surface area contributed by atoms with E-state index >= 15 is 0 Å². The maximum atomic E-state index is 12.8. The Morgan fingerprint density at radius 1 is 1.07 bits per heavy atom. The minimum Gasteiger partial charge on any atom is -0.492 e. The van der Waals surface area contributed by atoms with Crippen LogP contribution in [0, 0.1) is 12.8 Å². The normalized spacial score (nSPS) is 12.3. The van der Waals surface area contributed by atoms with Gasteiger partial charge >= 0.3 is 0 Å². The molecule has 8 heteroatoms. The van der Waals surface area contributed by atoms with E-state index in [1.807, 2.05) is 32.9 Å². The Labute approximate surface area is 177 Å². The first-order valence-electron chi connectivity index (χ1n) is 9.64.